The topological polar surface area (TPSA) is 204 Å². The van der Waals surface area contributed by atoms with Crippen LogP contribution in [0.15, 0.2) is 72.8 Å². The van der Waals surface area contributed by atoms with Gasteiger partial charge in [0.1, 0.15) is 33.9 Å². The number of aromatic carboxylic acids is 3. The van der Waals surface area contributed by atoms with Crippen LogP contribution in [0.4, 0.5) is 0 Å². The quantitative estimate of drug-likeness (QED) is 0.264. The SMILES string of the molecule is O.O=C(O)c1ccccc1O.O=C(O)c1ccccc1O.O=C(O)c1ccccc1O.[Tb]. The Morgan fingerprint density at radius 3 is 0.781 bits per heavy atom. The molecule has 11 heteroatoms. The summed E-state index contributed by atoms with van der Waals surface area (Å²) in [6.07, 6.45) is 0. The summed E-state index contributed by atoms with van der Waals surface area (Å²) in [5.41, 5.74) is -0.201. The van der Waals surface area contributed by atoms with Crippen LogP contribution in [0, 0.1) is 38.6 Å². The summed E-state index contributed by atoms with van der Waals surface area (Å²) in [6, 6.07) is 17.4. The van der Waals surface area contributed by atoms with Gasteiger partial charge in [-0.3, -0.25) is 0 Å². The zero-order valence-corrected chi connectivity index (χ0v) is 18.3. The van der Waals surface area contributed by atoms with Gasteiger partial charge in [-0.2, -0.15) is 0 Å². The first-order valence-electron chi connectivity index (χ1n) is 8.19. The maximum absolute atomic E-state index is 10.3. The fourth-order valence-electron chi connectivity index (χ4n) is 1.96. The Morgan fingerprint density at radius 2 is 0.656 bits per heavy atom. The summed E-state index contributed by atoms with van der Waals surface area (Å²) in [4.78, 5) is 30.8. The fraction of sp³-hybridized carbons (Fsp3) is 0. The van der Waals surface area contributed by atoms with Crippen molar-refractivity contribution >= 4 is 17.9 Å². The summed E-state index contributed by atoms with van der Waals surface area (Å²) in [7, 11) is 0. The van der Waals surface area contributed by atoms with Gasteiger partial charge >= 0.3 is 17.9 Å². The molecule has 3 rings (SSSR count). The number of hydrogen-bond acceptors (Lipinski definition) is 6. The summed E-state index contributed by atoms with van der Waals surface area (Å²) in [6.45, 7) is 0. The van der Waals surface area contributed by atoms with Crippen LogP contribution in [-0.4, -0.2) is 54.0 Å². The van der Waals surface area contributed by atoms with Gasteiger partial charge in [0.2, 0.25) is 0 Å². The van der Waals surface area contributed by atoms with Crippen LogP contribution in [0.3, 0.4) is 0 Å². The van der Waals surface area contributed by atoms with Gasteiger partial charge in [0.15, 0.2) is 0 Å². The van der Waals surface area contributed by atoms with Crippen molar-refractivity contribution in [3.63, 3.8) is 0 Å². The second kappa shape index (κ2) is 15.5. The van der Waals surface area contributed by atoms with Crippen molar-refractivity contribution in [2.45, 2.75) is 0 Å². The molecule has 0 atom stereocenters. The summed E-state index contributed by atoms with van der Waals surface area (Å²) in [5.74, 6) is -3.94. The van der Waals surface area contributed by atoms with Crippen LogP contribution in [-0.2, 0) is 0 Å². The van der Waals surface area contributed by atoms with E-state index in [1.165, 1.54) is 36.4 Å². The van der Waals surface area contributed by atoms with E-state index >= 15 is 0 Å². The molecule has 0 aliphatic rings. The van der Waals surface area contributed by atoms with Crippen LogP contribution < -0.4 is 0 Å². The largest absolute Gasteiger partial charge is 0.507 e. The predicted octanol–water partition coefficient (Wildman–Crippen LogP) is 2.45. The molecule has 173 valence electrons. The smallest absolute Gasteiger partial charge is 0.339 e. The Labute approximate surface area is 212 Å². The van der Waals surface area contributed by atoms with Crippen LogP contribution >= 0.6 is 0 Å². The van der Waals surface area contributed by atoms with Crippen molar-refractivity contribution in [2.75, 3.05) is 0 Å². The van der Waals surface area contributed by atoms with Crippen LogP contribution in [0.5, 0.6) is 17.2 Å². The molecule has 0 bridgehead atoms. The molecule has 3 aromatic rings. The molecule has 0 aliphatic carbocycles. The molecule has 0 heterocycles. The zero-order valence-electron chi connectivity index (χ0n) is 16.2. The van der Waals surface area contributed by atoms with Crippen molar-refractivity contribution in [3.8, 4) is 17.2 Å². The normalized spacial score (nSPS) is 8.62. The third-order valence-electron chi connectivity index (χ3n) is 3.40. The Morgan fingerprint density at radius 1 is 0.469 bits per heavy atom. The molecule has 0 unspecified atom stereocenters. The van der Waals surface area contributed by atoms with Crippen LogP contribution in [0.25, 0.3) is 0 Å². The molecule has 32 heavy (non-hydrogen) atoms. The summed E-state index contributed by atoms with van der Waals surface area (Å²) >= 11 is 0. The van der Waals surface area contributed by atoms with Gasteiger partial charge in [0.05, 0.1) is 0 Å². The molecular weight excluding hydrogens is 571 g/mol. The first kappa shape index (κ1) is 30.9. The van der Waals surface area contributed by atoms with Gasteiger partial charge in [-0.05, 0) is 36.4 Å². The van der Waals surface area contributed by atoms with Gasteiger partial charge in [0.25, 0.3) is 0 Å². The van der Waals surface area contributed by atoms with E-state index in [1.807, 2.05) is 0 Å². The average Bonchev–Trinajstić information content (AvgIpc) is 2.69. The molecule has 0 aliphatic heterocycles. The maximum atomic E-state index is 10.3. The van der Waals surface area contributed by atoms with Crippen molar-refractivity contribution in [1.82, 2.24) is 0 Å². The molecule has 0 amide bonds. The molecule has 0 saturated heterocycles. The second-order valence-corrected chi connectivity index (χ2v) is 5.47. The van der Waals surface area contributed by atoms with Crippen molar-refractivity contribution in [2.24, 2.45) is 0 Å². The molecule has 1 radical (unpaired) electrons. The second-order valence-electron chi connectivity index (χ2n) is 5.47. The first-order chi connectivity index (χ1) is 14.1. The van der Waals surface area contributed by atoms with E-state index in [2.05, 4.69) is 0 Å². The minimum absolute atomic E-state index is 0. The van der Waals surface area contributed by atoms with Crippen LogP contribution in [0.2, 0.25) is 0 Å². The summed E-state index contributed by atoms with van der Waals surface area (Å²) in [5, 5.41) is 51.9. The van der Waals surface area contributed by atoms with Crippen molar-refractivity contribution < 1.29 is 89.1 Å². The zero-order chi connectivity index (χ0) is 22.7. The van der Waals surface area contributed by atoms with E-state index in [0.29, 0.717) is 0 Å². The van der Waals surface area contributed by atoms with Crippen LogP contribution in [0.1, 0.15) is 31.1 Å². The molecule has 0 aromatic heterocycles. The number of rotatable bonds is 3. The van der Waals surface area contributed by atoms with E-state index in [4.69, 9.17) is 30.6 Å². The molecule has 0 fully saturated rings. The van der Waals surface area contributed by atoms with Gasteiger partial charge in [-0.1, -0.05) is 36.4 Å². The monoisotopic (exact) mass is 591 g/mol. The number of carboxylic acid groups (broad SMARTS) is 3. The van der Waals surface area contributed by atoms with Gasteiger partial charge in [-0.25, -0.2) is 14.4 Å². The number of carboxylic acids is 3. The molecule has 10 nitrogen and oxygen atoms in total. The average molecular weight is 591 g/mol. The fourth-order valence-corrected chi connectivity index (χ4v) is 1.96. The molecule has 0 spiro atoms. The van der Waals surface area contributed by atoms with E-state index < -0.39 is 17.9 Å². The van der Waals surface area contributed by atoms with Crippen molar-refractivity contribution in [1.29, 1.82) is 0 Å². The van der Waals surface area contributed by atoms with Crippen molar-refractivity contribution in [3.05, 3.63) is 89.5 Å². The number of hydrogen-bond donors (Lipinski definition) is 6. The number of benzene rings is 3. The predicted molar refractivity (Wildman–Crippen MR) is 109 cm³/mol. The minimum Gasteiger partial charge on any atom is -0.507 e. The van der Waals surface area contributed by atoms with E-state index in [-0.39, 0.29) is 78.0 Å². The number of para-hydroxylation sites is 3. The number of phenols is 3. The third-order valence-corrected chi connectivity index (χ3v) is 3.40. The maximum Gasteiger partial charge on any atom is 0.339 e. The van der Waals surface area contributed by atoms with E-state index in [9.17, 15) is 14.4 Å². The first-order valence-corrected chi connectivity index (χ1v) is 8.19. The minimum atomic E-state index is -1.11. The Kier molecular flexibility index (Phi) is 15.0. The van der Waals surface area contributed by atoms with Gasteiger partial charge in [0, 0.05) is 38.6 Å². The third kappa shape index (κ3) is 10.2. The van der Waals surface area contributed by atoms with Gasteiger partial charge in [-0.15, -0.1) is 0 Å². The van der Waals surface area contributed by atoms with Gasteiger partial charge < -0.3 is 36.1 Å². The molecular formula is C21H20O10Tb. The molecule has 0 saturated carbocycles. The summed E-state index contributed by atoms with van der Waals surface area (Å²) < 4.78 is 0. The number of carbonyl (C=O) groups is 3. The Hall–Kier alpha value is -3.28. The standard InChI is InChI=1S/3C7H6O3.H2O.Tb/c3*8-6-4-2-1-3-5(6)7(9)10;;/h3*1-4,8H,(H,9,10);1H2;. The Balaban J connectivity index is 0. The Bertz CT molecular complexity index is 904. The number of aromatic hydroxyl groups is 3. The van der Waals surface area contributed by atoms with E-state index in [1.54, 1.807) is 36.4 Å². The molecule has 3 aromatic carbocycles. The van der Waals surface area contributed by atoms with E-state index in [0.717, 1.165) is 0 Å². The molecule has 8 N–H and O–H groups in total.